The third-order valence-corrected chi connectivity index (χ3v) is 4.44. The molecule has 3 aromatic rings. The fraction of sp³-hybridized carbons (Fsp3) is 0.118. The monoisotopic (exact) mass is 297 g/mol. The van der Waals surface area contributed by atoms with E-state index in [1.54, 1.807) is 23.1 Å². The van der Waals surface area contributed by atoms with Gasteiger partial charge < -0.3 is 10.0 Å². The Bertz CT molecular complexity index is 761. The molecule has 1 aromatic heterocycles. The first-order chi connectivity index (χ1) is 10.2. The number of rotatable bonds is 3. The van der Waals surface area contributed by atoms with Crippen molar-refractivity contribution in [1.82, 2.24) is 0 Å². The third-order valence-electron chi connectivity index (χ3n) is 3.34. The van der Waals surface area contributed by atoms with Crippen LogP contribution in [0.15, 0.2) is 54.6 Å². The van der Waals surface area contributed by atoms with E-state index >= 15 is 0 Å². The summed E-state index contributed by atoms with van der Waals surface area (Å²) in [5.74, 6) is 0.124. The molecule has 21 heavy (non-hydrogen) atoms. The molecule has 4 heteroatoms. The molecule has 0 bridgehead atoms. The van der Waals surface area contributed by atoms with Crippen LogP contribution in [0.5, 0.6) is 5.75 Å². The molecule has 0 spiro atoms. The molecule has 0 radical (unpaired) electrons. The van der Waals surface area contributed by atoms with Gasteiger partial charge in [0.2, 0.25) is 0 Å². The molecule has 1 N–H and O–H groups in total. The number of carbonyl (C=O) groups excluding carboxylic acids is 1. The Morgan fingerprint density at radius 3 is 2.67 bits per heavy atom. The number of thiophene rings is 1. The van der Waals surface area contributed by atoms with Crippen molar-refractivity contribution in [3.8, 4) is 5.75 Å². The topological polar surface area (TPSA) is 40.5 Å². The predicted octanol–water partition coefficient (Wildman–Crippen LogP) is 4.27. The highest BCUT2D eigenvalue weighted by Crippen LogP contribution is 2.28. The molecule has 0 fully saturated rings. The lowest BCUT2D eigenvalue weighted by Gasteiger charge is -2.20. The highest BCUT2D eigenvalue weighted by molar-refractivity contribution is 7.20. The van der Waals surface area contributed by atoms with Gasteiger partial charge in [0.15, 0.2) is 0 Å². The Morgan fingerprint density at radius 1 is 1.14 bits per heavy atom. The molecule has 2 aromatic carbocycles. The molecule has 3 nitrogen and oxygen atoms in total. The first-order valence-electron chi connectivity index (χ1n) is 6.78. The van der Waals surface area contributed by atoms with E-state index in [0.717, 1.165) is 10.1 Å². The summed E-state index contributed by atoms with van der Waals surface area (Å²) in [5, 5.41) is 10.7. The van der Waals surface area contributed by atoms with E-state index in [9.17, 15) is 9.90 Å². The van der Waals surface area contributed by atoms with Crippen molar-refractivity contribution < 1.29 is 9.90 Å². The summed E-state index contributed by atoms with van der Waals surface area (Å²) in [5.41, 5.74) is 0.708. The van der Waals surface area contributed by atoms with Crippen LogP contribution < -0.4 is 4.90 Å². The van der Waals surface area contributed by atoms with Gasteiger partial charge in [-0.3, -0.25) is 4.79 Å². The van der Waals surface area contributed by atoms with Crippen LogP contribution in [0.2, 0.25) is 0 Å². The highest BCUT2D eigenvalue weighted by atomic mass is 32.1. The second kappa shape index (κ2) is 5.58. The lowest BCUT2D eigenvalue weighted by molar-refractivity contribution is 0.0992. The Morgan fingerprint density at radius 2 is 1.95 bits per heavy atom. The highest BCUT2D eigenvalue weighted by Gasteiger charge is 2.18. The number of hydrogen-bond donors (Lipinski definition) is 1. The first kappa shape index (κ1) is 13.6. The Kier molecular flexibility index (Phi) is 3.62. The van der Waals surface area contributed by atoms with Gasteiger partial charge in [0.1, 0.15) is 5.75 Å². The lowest BCUT2D eigenvalue weighted by Crippen LogP contribution is -2.29. The van der Waals surface area contributed by atoms with Gasteiger partial charge in [-0.25, -0.2) is 0 Å². The smallest absolute Gasteiger partial charge is 0.268 e. The molecule has 0 unspecified atom stereocenters. The van der Waals surface area contributed by atoms with Crippen LogP contribution in [0.25, 0.3) is 10.1 Å². The third kappa shape index (κ3) is 2.62. The molecular weight excluding hydrogens is 282 g/mol. The lowest BCUT2D eigenvalue weighted by atomic mass is 10.2. The van der Waals surface area contributed by atoms with Crippen molar-refractivity contribution in [2.24, 2.45) is 0 Å². The molecular formula is C17H15NO2S. The van der Waals surface area contributed by atoms with Crippen molar-refractivity contribution >= 4 is 33.0 Å². The Hall–Kier alpha value is -2.33. The standard InChI is InChI=1S/C17H15NO2S/c1-2-18(13-7-5-8-14(19)11-13)17(20)16-10-12-6-3-4-9-15(12)21-16/h3-11,19H,2H2,1H3. The molecule has 0 aliphatic rings. The van der Waals surface area contributed by atoms with E-state index in [-0.39, 0.29) is 11.7 Å². The number of aromatic hydroxyl groups is 1. The summed E-state index contributed by atoms with van der Waals surface area (Å²) in [6, 6.07) is 16.7. The molecule has 1 amide bonds. The molecule has 0 saturated carbocycles. The number of amides is 1. The zero-order valence-electron chi connectivity index (χ0n) is 11.6. The predicted molar refractivity (Wildman–Crippen MR) is 87.3 cm³/mol. The summed E-state index contributed by atoms with van der Waals surface area (Å²) in [4.78, 5) is 15.1. The molecule has 1 heterocycles. The summed E-state index contributed by atoms with van der Waals surface area (Å²) in [6.07, 6.45) is 0. The maximum atomic E-state index is 12.7. The number of anilines is 1. The fourth-order valence-electron chi connectivity index (χ4n) is 2.32. The van der Waals surface area contributed by atoms with Gasteiger partial charge in [0, 0.05) is 23.0 Å². The van der Waals surface area contributed by atoms with E-state index in [2.05, 4.69) is 0 Å². The largest absolute Gasteiger partial charge is 0.508 e. The SMILES string of the molecule is CCN(C(=O)c1cc2ccccc2s1)c1cccc(O)c1. The van der Waals surface area contributed by atoms with Gasteiger partial charge in [0.05, 0.1) is 4.88 Å². The number of carbonyl (C=O) groups is 1. The average Bonchev–Trinajstić information content (AvgIpc) is 2.92. The minimum atomic E-state index is -0.0377. The van der Waals surface area contributed by atoms with Crippen LogP contribution in [0, 0.1) is 0 Å². The van der Waals surface area contributed by atoms with Crippen LogP contribution in [-0.4, -0.2) is 17.6 Å². The summed E-state index contributed by atoms with van der Waals surface area (Å²) in [7, 11) is 0. The first-order valence-corrected chi connectivity index (χ1v) is 7.60. The van der Waals surface area contributed by atoms with Crippen molar-refractivity contribution in [3.05, 3.63) is 59.5 Å². The molecule has 0 saturated heterocycles. The van der Waals surface area contributed by atoms with Crippen LogP contribution in [0.3, 0.4) is 0 Å². The number of phenols is 1. The Labute approximate surface area is 127 Å². The van der Waals surface area contributed by atoms with Gasteiger partial charge in [0.25, 0.3) is 5.91 Å². The fourth-order valence-corrected chi connectivity index (χ4v) is 3.34. The number of benzene rings is 2. The van der Waals surface area contributed by atoms with E-state index in [1.807, 2.05) is 43.3 Å². The molecule has 0 atom stereocenters. The summed E-state index contributed by atoms with van der Waals surface area (Å²) in [6.45, 7) is 2.48. The van der Waals surface area contributed by atoms with Crippen LogP contribution in [0.4, 0.5) is 5.69 Å². The second-order valence-electron chi connectivity index (χ2n) is 4.72. The maximum absolute atomic E-state index is 12.7. The number of fused-ring (bicyclic) bond motifs is 1. The zero-order chi connectivity index (χ0) is 14.8. The van der Waals surface area contributed by atoms with Crippen molar-refractivity contribution in [3.63, 3.8) is 0 Å². The molecule has 0 aliphatic carbocycles. The van der Waals surface area contributed by atoms with E-state index in [1.165, 1.54) is 11.3 Å². The zero-order valence-corrected chi connectivity index (χ0v) is 12.4. The van der Waals surface area contributed by atoms with Crippen molar-refractivity contribution in [2.75, 3.05) is 11.4 Å². The number of phenolic OH excluding ortho intramolecular Hbond substituents is 1. The minimum absolute atomic E-state index is 0.0377. The van der Waals surface area contributed by atoms with E-state index < -0.39 is 0 Å². The maximum Gasteiger partial charge on any atom is 0.268 e. The Balaban J connectivity index is 1.98. The minimum Gasteiger partial charge on any atom is -0.508 e. The van der Waals surface area contributed by atoms with Gasteiger partial charge in [-0.2, -0.15) is 0 Å². The number of nitrogens with zero attached hydrogens (tertiary/aromatic N) is 1. The van der Waals surface area contributed by atoms with Gasteiger partial charge >= 0.3 is 0 Å². The molecule has 3 rings (SSSR count). The van der Waals surface area contributed by atoms with Gasteiger partial charge in [-0.15, -0.1) is 11.3 Å². The number of hydrogen-bond acceptors (Lipinski definition) is 3. The molecule has 0 aliphatic heterocycles. The van der Waals surface area contributed by atoms with Crippen molar-refractivity contribution in [2.45, 2.75) is 6.92 Å². The van der Waals surface area contributed by atoms with Crippen LogP contribution in [-0.2, 0) is 0 Å². The van der Waals surface area contributed by atoms with Crippen LogP contribution >= 0.6 is 11.3 Å². The molecule has 106 valence electrons. The van der Waals surface area contributed by atoms with Gasteiger partial charge in [-0.05, 0) is 36.6 Å². The second-order valence-corrected chi connectivity index (χ2v) is 5.80. The van der Waals surface area contributed by atoms with Gasteiger partial charge in [-0.1, -0.05) is 24.3 Å². The summed E-state index contributed by atoms with van der Waals surface area (Å²) < 4.78 is 1.10. The normalized spacial score (nSPS) is 10.7. The van der Waals surface area contributed by atoms with Crippen molar-refractivity contribution in [1.29, 1.82) is 0 Å². The summed E-state index contributed by atoms with van der Waals surface area (Å²) >= 11 is 1.49. The average molecular weight is 297 g/mol. The van der Waals surface area contributed by atoms with E-state index in [0.29, 0.717) is 17.1 Å². The van der Waals surface area contributed by atoms with E-state index in [4.69, 9.17) is 0 Å². The van der Waals surface area contributed by atoms with Crippen LogP contribution in [0.1, 0.15) is 16.6 Å². The quantitative estimate of drug-likeness (QED) is 0.784.